The quantitative estimate of drug-likeness (QED) is 0.693. The summed E-state index contributed by atoms with van der Waals surface area (Å²) in [4.78, 5) is 12.3. The Bertz CT molecular complexity index is 950. The largest absolute Gasteiger partial charge is 0.493 e. The van der Waals surface area contributed by atoms with Crippen molar-refractivity contribution in [3.05, 3.63) is 59.9 Å². The predicted molar refractivity (Wildman–Crippen MR) is 91.9 cm³/mol. The second kappa shape index (κ2) is 7.61. The first-order valence-electron chi connectivity index (χ1n) is 7.99. The van der Waals surface area contributed by atoms with E-state index in [1.54, 1.807) is 36.4 Å². The van der Waals surface area contributed by atoms with Crippen molar-refractivity contribution < 1.29 is 31.9 Å². The van der Waals surface area contributed by atoms with Gasteiger partial charge < -0.3 is 19.2 Å². The Balaban J connectivity index is 1.65. The lowest BCUT2D eigenvalue weighted by Gasteiger charge is -2.10. The van der Waals surface area contributed by atoms with Crippen molar-refractivity contribution in [2.75, 3.05) is 13.7 Å². The van der Waals surface area contributed by atoms with Crippen LogP contribution in [-0.4, -0.2) is 25.8 Å². The Morgan fingerprint density at radius 2 is 1.93 bits per heavy atom. The molecule has 5 nitrogen and oxygen atoms in total. The highest BCUT2D eigenvalue weighted by Gasteiger charge is 2.28. The van der Waals surface area contributed by atoms with Gasteiger partial charge in [0, 0.05) is 11.9 Å². The number of ether oxygens (including phenoxy) is 2. The summed E-state index contributed by atoms with van der Waals surface area (Å²) in [6.45, 7) is -1.26. The van der Waals surface area contributed by atoms with Gasteiger partial charge in [-0.1, -0.05) is 24.3 Å². The summed E-state index contributed by atoms with van der Waals surface area (Å²) in [6.07, 6.45) is -4.41. The number of alkyl halides is 3. The summed E-state index contributed by atoms with van der Waals surface area (Å²) in [5.41, 5.74) is 1.06. The first kappa shape index (κ1) is 18.6. The molecule has 27 heavy (non-hydrogen) atoms. The fourth-order valence-corrected chi connectivity index (χ4v) is 2.49. The van der Waals surface area contributed by atoms with E-state index in [1.165, 1.54) is 19.2 Å². The Labute approximate surface area is 152 Å². The molecule has 8 heteroatoms. The Morgan fingerprint density at radius 1 is 1.15 bits per heavy atom. The Morgan fingerprint density at radius 3 is 2.67 bits per heavy atom. The summed E-state index contributed by atoms with van der Waals surface area (Å²) in [5, 5.41) is 3.39. The number of furan rings is 1. The number of hydrogen-bond donors (Lipinski definition) is 1. The van der Waals surface area contributed by atoms with E-state index in [0.717, 1.165) is 5.39 Å². The number of hydrogen-bond acceptors (Lipinski definition) is 4. The molecule has 3 rings (SSSR count). The minimum absolute atomic E-state index is 0.0764. The molecular formula is C19H16F3NO4. The molecular weight excluding hydrogens is 363 g/mol. The summed E-state index contributed by atoms with van der Waals surface area (Å²) < 4.78 is 52.1. The van der Waals surface area contributed by atoms with Crippen LogP contribution in [0.3, 0.4) is 0 Å². The van der Waals surface area contributed by atoms with Gasteiger partial charge in [0.05, 0.1) is 7.11 Å². The van der Waals surface area contributed by atoms with E-state index in [9.17, 15) is 18.0 Å². The minimum atomic E-state index is -4.41. The molecule has 1 N–H and O–H groups in total. The lowest BCUT2D eigenvalue weighted by Crippen LogP contribution is -2.22. The van der Waals surface area contributed by atoms with Crippen molar-refractivity contribution in [1.29, 1.82) is 0 Å². The van der Waals surface area contributed by atoms with Gasteiger partial charge in [0.1, 0.15) is 5.75 Å². The first-order chi connectivity index (χ1) is 12.9. The molecule has 1 amide bonds. The Hall–Kier alpha value is -3.16. The van der Waals surface area contributed by atoms with Gasteiger partial charge >= 0.3 is 6.18 Å². The molecule has 1 heterocycles. The third kappa shape index (κ3) is 4.72. The second-order valence-electron chi connectivity index (χ2n) is 5.72. The van der Waals surface area contributed by atoms with Gasteiger partial charge in [0.15, 0.2) is 23.7 Å². The number of carbonyl (C=O) groups excluding carboxylic acids is 1. The molecule has 0 radical (unpaired) electrons. The maximum absolute atomic E-state index is 12.3. The third-order valence-electron chi connectivity index (χ3n) is 3.71. The smallest absolute Gasteiger partial charge is 0.422 e. The van der Waals surface area contributed by atoms with Crippen LogP contribution in [0.4, 0.5) is 13.2 Å². The fourth-order valence-electron chi connectivity index (χ4n) is 2.49. The van der Waals surface area contributed by atoms with Crippen LogP contribution in [0.5, 0.6) is 11.5 Å². The van der Waals surface area contributed by atoms with Gasteiger partial charge in [-0.2, -0.15) is 13.2 Å². The second-order valence-corrected chi connectivity index (χ2v) is 5.72. The van der Waals surface area contributed by atoms with Crippen molar-refractivity contribution in [2.24, 2.45) is 0 Å². The lowest BCUT2D eigenvalue weighted by molar-refractivity contribution is -0.153. The van der Waals surface area contributed by atoms with Crippen LogP contribution in [0, 0.1) is 0 Å². The number of rotatable bonds is 6. The minimum Gasteiger partial charge on any atom is -0.493 e. The summed E-state index contributed by atoms with van der Waals surface area (Å²) in [7, 11) is 1.50. The van der Waals surface area contributed by atoms with E-state index >= 15 is 0 Å². The number of methoxy groups -OCH3 is 1. The van der Waals surface area contributed by atoms with Crippen LogP contribution in [0.25, 0.3) is 11.0 Å². The molecule has 0 bridgehead atoms. The van der Waals surface area contributed by atoms with Crippen LogP contribution < -0.4 is 14.8 Å². The van der Waals surface area contributed by atoms with Crippen LogP contribution in [0.1, 0.15) is 16.1 Å². The molecule has 0 unspecified atom stereocenters. The van der Waals surface area contributed by atoms with E-state index < -0.39 is 18.7 Å². The van der Waals surface area contributed by atoms with Crippen molar-refractivity contribution >= 4 is 16.9 Å². The average Bonchev–Trinajstić information content (AvgIpc) is 3.08. The Kier molecular flexibility index (Phi) is 5.25. The third-order valence-corrected chi connectivity index (χ3v) is 3.71. The van der Waals surface area contributed by atoms with Crippen molar-refractivity contribution in [2.45, 2.75) is 12.7 Å². The SMILES string of the molecule is COc1cccc2cc(C(=O)NCc3cccc(OCC(F)(F)F)c3)oc12. The number of fused-ring (bicyclic) bond motifs is 1. The molecule has 0 spiro atoms. The van der Waals surface area contributed by atoms with E-state index in [0.29, 0.717) is 16.9 Å². The zero-order chi connectivity index (χ0) is 19.4. The van der Waals surface area contributed by atoms with E-state index in [-0.39, 0.29) is 18.1 Å². The molecule has 0 atom stereocenters. The molecule has 1 aromatic heterocycles. The predicted octanol–water partition coefficient (Wildman–Crippen LogP) is 4.31. The monoisotopic (exact) mass is 379 g/mol. The molecule has 0 aliphatic rings. The van der Waals surface area contributed by atoms with Crippen LogP contribution in [0.15, 0.2) is 52.9 Å². The number of nitrogens with one attached hydrogen (secondary N) is 1. The molecule has 0 aliphatic carbocycles. The maximum Gasteiger partial charge on any atom is 0.422 e. The van der Waals surface area contributed by atoms with Gasteiger partial charge in [0.2, 0.25) is 0 Å². The molecule has 3 aromatic rings. The average molecular weight is 379 g/mol. The highest BCUT2D eigenvalue weighted by atomic mass is 19.4. The maximum atomic E-state index is 12.3. The zero-order valence-electron chi connectivity index (χ0n) is 14.3. The molecule has 2 aromatic carbocycles. The van der Waals surface area contributed by atoms with Gasteiger partial charge in [-0.15, -0.1) is 0 Å². The first-order valence-corrected chi connectivity index (χ1v) is 7.99. The molecule has 0 aliphatic heterocycles. The normalized spacial score (nSPS) is 11.4. The van der Waals surface area contributed by atoms with Crippen molar-refractivity contribution in [3.63, 3.8) is 0 Å². The zero-order valence-corrected chi connectivity index (χ0v) is 14.3. The van der Waals surface area contributed by atoms with E-state index in [1.807, 2.05) is 0 Å². The van der Waals surface area contributed by atoms with E-state index in [2.05, 4.69) is 5.32 Å². The van der Waals surface area contributed by atoms with Crippen molar-refractivity contribution in [1.82, 2.24) is 5.32 Å². The lowest BCUT2D eigenvalue weighted by atomic mass is 10.2. The van der Waals surface area contributed by atoms with Gasteiger partial charge in [-0.05, 0) is 29.8 Å². The highest BCUT2D eigenvalue weighted by Crippen LogP contribution is 2.28. The van der Waals surface area contributed by atoms with Crippen molar-refractivity contribution in [3.8, 4) is 11.5 Å². The molecule has 0 fully saturated rings. The van der Waals surface area contributed by atoms with Gasteiger partial charge in [0.25, 0.3) is 5.91 Å². The number of amides is 1. The van der Waals surface area contributed by atoms with Gasteiger partial charge in [-0.25, -0.2) is 0 Å². The number of benzene rings is 2. The standard InChI is InChI=1S/C19H16F3NO4/c1-25-15-7-3-5-13-9-16(27-17(13)15)18(24)23-10-12-4-2-6-14(8-12)26-11-19(20,21)22/h2-9H,10-11H2,1H3,(H,23,24). The summed E-state index contributed by atoms with van der Waals surface area (Å²) >= 11 is 0. The summed E-state index contributed by atoms with van der Waals surface area (Å²) in [5.74, 6) is 0.252. The van der Waals surface area contributed by atoms with Crippen LogP contribution >= 0.6 is 0 Å². The van der Waals surface area contributed by atoms with Gasteiger partial charge in [-0.3, -0.25) is 4.79 Å². The topological polar surface area (TPSA) is 60.7 Å². The van der Waals surface area contributed by atoms with E-state index in [4.69, 9.17) is 13.9 Å². The fraction of sp³-hybridized carbons (Fsp3) is 0.211. The highest BCUT2D eigenvalue weighted by molar-refractivity contribution is 5.97. The molecule has 0 saturated carbocycles. The number of para-hydroxylation sites is 1. The molecule has 142 valence electrons. The van der Waals surface area contributed by atoms with Crippen LogP contribution in [0.2, 0.25) is 0 Å². The number of carbonyl (C=O) groups is 1. The molecule has 0 saturated heterocycles. The number of halogens is 3. The summed E-state index contributed by atoms with van der Waals surface area (Å²) in [6, 6.07) is 13.0. The van der Waals surface area contributed by atoms with Crippen LogP contribution in [-0.2, 0) is 6.54 Å².